The third kappa shape index (κ3) is 8.07. The molecule has 0 bridgehead atoms. The molecule has 1 saturated heterocycles. The van der Waals surface area contributed by atoms with E-state index in [9.17, 15) is 0 Å². The summed E-state index contributed by atoms with van der Waals surface area (Å²) in [6, 6.07) is 23.0. The Labute approximate surface area is 270 Å². The van der Waals surface area contributed by atoms with Crippen LogP contribution in [0, 0.1) is 0 Å². The monoisotopic (exact) mass is 636 g/mol. The fourth-order valence-electron chi connectivity index (χ4n) is 6.32. The second kappa shape index (κ2) is 15.7. The Morgan fingerprint density at radius 3 is 2.30 bits per heavy atom. The Morgan fingerprint density at radius 1 is 0.886 bits per heavy atom. The number of hydrogen-bond donors (Lipinski definition) is 2. The molecular formula is C35H42Cl2N4O3. The van der Waals surface area contributed by atoms with Crippen LogP contribution in [0.25, 0.3) is 10.9 Å². The zero-order valence-corrected chi connectivity index (χ0v) is 26.9. The highest BCUT2D eigenvalue weighted by Gasteiger charge is 2.32. The molecule has 3 heterocycles. The first kappa shape index (κ1) is 32.2. The predicted molar refractivity (Wildman–Crippen MR) is 181 cm³/mol. The van der Waals surface area contributed by atoms with E-state index in [0.29, 0.717) is 0 Å². The van der Waals surface area contributed by atoms with Crippen LogP contribution in [0.15, 0.2) is 66.7 Å². The van der Waals surface area contributed by atoms with Gasteiger partial charge >= 0.3 is 0 Å². The Morgan fingerprint density at radius 2 is 1.57 bits per heavy atom. The van der Waals surface area contributed by atoms with E-state index in [-0.39, 0.29) is 12.5 Å². The second-order valence-electron chi connectivity index (χ2n) is 11.6. The van der Waals surface area contributed by atoms with Gasteiger partial charge in [0.05, 0.1) is 12.6 Å². The van der Waals surface area contributed by atoms with Gasteiger partial charge in [-0.3, -0.25) is 4.79 Å². The predicted octanol–water partition coefficient (Wildman–Crippen LogP) is 7.51. The minimum atomic E-state index is -0.250. The van der Waals surface area contributed by atoms with Gasteiger partial charge in [-0.15, -0.1) is 0 Å². The van der Waals surface area contributed by atoms with Crippen LogP contribution in [0.5, 0.6) is 5.75 Å². The fraction of sp³-hybridized carbons (Fsp3) is 0.400. The Balaban J connectivity index is 0.00000123. The summed E-state index contributed by atoms with van der Waals surface area (Å²) in [5.41, 5.74) is 6.11. The molecule has 1 atom stereocenters. The summed E-state index contributed by atoms with van der Waals surface area (Å²) in [6.45, 7) is 7.48. The van der Waals surface area contributed by atoms with Gasteiger partial charge in [0.25, 0.3) is 6.47 Å². The number of H-pyrrole nitrogens is 1. The number of nitrogens with zero attached hydrogens (tertiary/aromatic N) is 3. The number of benzene rings is 3. The molecular weight excluding hydrogens is 595 g/mol. The number of aromatic amines is 1. The van der Waals surface area contributed by atoms with Crippen molar-refractivity contribution in [2.24, 2.45) is 0 Å². The van der Waals surface area contributed by atoms with Gasteiger partial charge in [0.2, 0.25) is 0 Å². The molecule has 2 aliphatic rings. The quantitative estimate of drug-likeness (QED) is 0.139. The molecule has 2 aliphatic heterocycles. The number of nitrogens with one attached hydrogen (secondary N) is 1. The number of anilines is 1. The van der Waals surface area contributed by atoms with E-state index < -0.39 is 0 Å². The van der Waals surface area contributed by atoms with Crippen LogP contribution in [-0.4, -0.2) is 79.3 Å². The smallest absolute Gasteiger partial charge is 0.290 e. The molecule has 6 rings (SSSR count). The van der Waals surface area contributed by atoms with Crippen molar-refractivity contribution in [2.45, 2.75) is 38.1 Å². The molecule has 0 spiro atoms. The van der Waals surface area contributed by atoms with E-state index in [1.54, 1.807) is 0 Å². The number of aromatic nitrogens is 1. The van der Waals surface area contributed by atoms with Crippen molar-refractivity contribution >= 4 is 46.3 Å². The highest BCUT2D eigenvalue weighted by Crippen LogP contribution is 2.41. The first-order valence-corrected chi connectivity index (χ1v) is 16.3. The molecule has 7 nitrogen and oxygen atoms in total. The van der Waals surface area contributed by atoms with Gasteiger partial charge in [0.1, 0.15) is 5.75 Å². The standard InChI is InChI=1S/C34H40Cl2N4O.CH2O2/c1-38-19-21-39(22-20-38)17-4-2-3-5-23-41-29-13-6-25(7-14-29)34-33-30(31-24-27(36)10-15-32(31)37-33)16-18-40(34)28-11-8-26(35)9-12-28;2-1-3/h6-15,24,34,37H,2-5,16-23H2,1H3;1H,(H,2,3). The van der Waals surface area contributed by atoms with Crippen LogP contribution < -0.4 is 9.64 Å². The van der Waals surface area contributed by atoms with Crippen LogP contribution in [0.2, 0.25) is 10.0 Å². The van der Waals surface area contributed by atoms with Crippen molar-refractivity contribution in [1.29, 1.82) is 0 Å². The summed E-state index contributed by atoms with van der Waals surface area (Å²) in [6.07, 6.45) is 5.82. The van der Waals surface area contributed by atoms with Crippen LogP contribution in [0.4, 0.5) is 5.69 Å². The molecule has 0 aliphatic carbocycles. The summed E-state index contributed by atoms with van der Waals surface area (Å²) >= 11 is 12.6. The minimum Gasteiger partial charge on any atom is -0.494 e. The van der Waals surface area contributed by atoms with Gasteiger partial charge in [-0.1, -0.05) is 48.2 Å². The maximum absolute atomic E-state index is 8.36. The first-order chi connectivity index (χ1) is 21.5. The largest absolute Gasteiger partial charge is 0.494 e. The average Bonchev–Trinajstić information content (AvgIpc) is 3.40. The van der Waals surface area contributed by atoms with Gasteiger partial charge < -0.3 is 29.5 Å². The third-order valence-corrected chi connectivity index (χ3v) is 9.16. The summed E-state index contributed by atoms with van der Waals surface area (Å²) in [5, 5.41) is 9.63. The molecule has 4 aromatic rings. The number of ether oxygens (including phenoxy) is 1. The van der Waals surface area contributed by atoms with Crippen LogP contribution in [0.3, 0.4) is 0 Å². The van der Waals surface area contributed by atoms with Crippen molar-refractivity contribution < 1.29 is 14.6 Å². The number of rotatable bonds is 10. The van der Waals surface area contributed by atoms with Crippen LogP contribution in [-0.2, 0) is 11.2 Å². The highest BCUT2D eigenvalue weighted by molar-refractivity contribution is 6.31. The number of carbonyl (C=O) groups is 1. The zero-order valence-electron chi connectivity index (χ0n) is 25.4. The Bertz CT molecular complexity index is 1480. The summed E-state index contributed by atoms with van der Waals surface area (Å²) in [5.74, 6) is 0.934. The van der Waals surface area contributed by atoms with Gasteiger partial charge in [-0.2, -0.15) is 0 Å². The zero-order chi connectivity index (χ0) is 30.9. The summed E-state index contributed by atoms with van der Waals surface area (Å²) in [7, 11) is 2.22. The lowest BCUT2D eigenvalue weighted by atomic mass is 9.91. The molecule has 1 unspecified atom stereocenters. The first-order valence-electron chi connectivity index (χ1n) is 15.5. The molecule has 0 saturated carbocycles. The van der Waals surface area contributed by atoms with E-state index in [4.69, 9.17) is 37.8 Å². The van der Waals surface area contributed by atoms with Crippen LogP contribution in [0.1, 0.15) is 48.5 Å². The molecule has 234 valence electrons. The topological polar surface area (TPSA) is 72.0 Å². The average molecular weight is 638 g/mol. The van der Waals surface area contributed by atoms with Crippen molar-refractivity contribution in [3.05, 3.63) is 93.6 Å². The van der Waals surface area contributed by atoms with Gasteiger partial charge in [-0.25, -0.2) is 0 Å². The number of carboxylic acid groups (broad SMARTS) is 1. The number of likely N-dealkylation sites (N-methyl/N-ethyl adjacent to an activating group) is 1. The van der Waals surface area contributed by atoms with Gasteiger partial charge in [-0.05, 0) is 98.6 Å². The lowest BCUT2D eigenvalue weighted by Crippen LogP contribution is -2.44. The molecule has 1 aromatic heterocycles. The number of hydrogen-bond acceptors (Lipinski definition) is 5. The minimum absolute atomic E-state index is 0.0560. The van der Waals surface area contributed by atoms with Gasteiger partial charge in [0.15, 0.2) is 0 Å². The van der Waals surface area contributed by atoms with E-state index in [1.165, 1.54) is 74.2 Å². The molecule has 0 radical (unpaired) electrons. The van der Waals surface area contributed by atoms with E-state index >= 15 is 0 Å². The van der Waals surface area contributed by atoms with Crippen molar-refractivity contribution in [3.8, 4) is 5.75 Å². The van der Waals surface area contributed by atoms with E-state index in [1.807, 2.05) is 18.2 Å². The second-order valence-corrected chi connectivity index (χ2v) is 12.5. The van der Waals surface area contributed by atoms with Crippen LogP contribution >= 0.6 is 23.2 Å². The molecule has 9 heteroatoms. The maximum atomic E-state index is 8.36. The maximum Gasteiger partial charge on any atom is 0.290 e. The van der Waals surface area contributed by atoms with Crippen molar-refractivity contribution in [2.75, 3.05) is 57.8 Å². The number of fused-ring (bicyclic) bond motifs is 3. The lowest BCUT2D eigenvalue weighted by Gasteiger charge is -2.38. The molecule has 0 amide bonds. The SMILES string of the molecule is CN1CCN(CCCCCCOc2ccc(C3c4[nH]c5ccc(Cl)cc5c4CCN3c3ccc(Cl)cc3)cc2)CC1.O=CO. The third-order valence-electron chi connectivity index (χ3n) is 8.68. The van der Waals surface area contributed by atoms with E-state index in [0.717, 1.165) is 53.0 Å². The summed E-state index contributed by atoms with van der Waals surface area (Å²) in [4.78, 5) is 19.6. The Hall–Kier alpha value is -3.23. The number of unbranched alkanes of at least 4 members (excludes halogenated alkanes) is 3. The Kier molecular flexibility index (Phi) is 11.5. The van der Waals surface area contributed by atoms with E-state index in [2.05, 4.69) is 75.3 Å². The highest BCUT2D eigenvalue weighted by atomic mass is 35.5. The molecule has 1 fully saturated rings. The van der Waals surface area contributed by atoms with Gasteiger partial charge in [0, 0.05) is 65.1 Å². The van der Waals surface area contributed by atoms with Crippen molar-refractivity contribution in [3.63, 3.8) is 0 Å². The fourth-order valence-corrected chi connectivity index (χ4v) is 6.61. The molecule has 3 aromatic carbocycles. The number of halogens is 2. The number of piperazine rings is 1. The normalized spacial score (nSPS) is 17.2. The summed E-state index contributed by atoms with van der Waals surface area (Å²) < 4.78 is 6.15. The molecule has 44 heavy (non-hydrogen) atoms. The molecule has 2 N–H and O–H groups in total. The lowest BCUT2D eigenvalue weighted by molar-refractivity contribution is -0.122. The van der Waals surface area contributed by atoms with Crippen molar-refractivity contribution in [1.82, 2.24) is 14.8 Å².